The molecule has 1 aliphatic rings. The van der Waals surface area contributed by atoms with Crippen LogP contribution in [0.4, 0.5) is 5.82 Å². The molecule has 5 heteroatoms. The van der Waals surface area contributed by atoms with Crippen LogP contribution in [0.15, 0.2) is 12.1 Å². The number of anilines is 1. The highest BCUT2D eigenvalue weighted by Gasteiger charge is 2.31. The molecule has 1 aromatic heterocycles. The summed E-state index contributed by atoms with van der Waals surface area (Å²) in [6.07, 6.45) is 0. The van der Waals surface area contributed by atoms with Gasteiger partial charge in [0.15, 0.2) is 0 Å². The third-order valence-corrected chi connectivity index (χ3v) is 3.57. The average molecular weight is 291 g/mol. The second-order valence-corrected chi connectivity index (χ2v) is 7.25. The van der Waals surface area contributed by atoms with Crippen LogP contribution in [0, 0.1) is 0 Å². The van der Waals surface area contributed by atoms with Crippen molar-refractivity contribution in [1.29, 1.82) is 0 Å². The maximum absolute atomic E-state index is 12.7. The predicted octanol–water partition coefficient (Wildman–Crippen LogP) is 2.21. The van der Waals surface area contributed by atoms with Crippen LogP contribution < -0.4 is 5.73 Å². The van der Waals surface area contributed by atoms with Gasteiger partial charge in [0.05, 0.1) is 12.2 Å². The number of nitrogen functional groups attached to an aromatic ring is 1. The number of hydrogen-bond donors (Lipinski definition) is 1. The molecule has 0 aromatic carbocycles. The van der Waals surface area contributed by atoms with Crippen LogP contribution in [0.5, 0.6) is 0 Å². The van der Waals surface area contributed by atoms with Gasteiger partial charge in [0.2, 0.25) is 0 Å². The Labute approximate surface area is 126 Å². The van der Waals surface area contributed by atoms with Crippen molar-refractivity contribution in [2.45, 2.75) is 45.6 Å². The molecule has 1 saturated heterocycles. The normalized spacial score (nSPS) is 18.6. The van der Waals surface area contributed by atoms with Crippen LogP contribution in [0.3, 0.4) is 0 Å². The van der Waals surface area contributed by atoms with Crippen LogP contribution in [0.25, 0.3) is 0 Å². The molecule has 21 heavy (non-hydrogen) atoms. The summed E-state index contributed by atoms with van der Waals surface area (Å²) in [5.41, 5.74) is 6.85. The smallest absolute Gasteiger partial charge is 0.254 e. The number of carbonyl (C=O) groups excluding carboxylic acids is 1. The van der Waals surface area contributed by atoms with Crippen molar-refractivity contribution in [3.63, 3.8) is 0 Å². The summed E-state index contributed by atoms with van der Waals surface area (Å²) in [7, 11) is 0. The molecule has 0 saturated carbocycles. The number of nitrogens with zero attached hydrogens (tertiary/aromatic N) is 2. The quantitative estimate of drug-likeness (QED) is 0.861. The summed E-state index contributed by atoms with van der Waals surface area (Å²) in [4.78, 5) is 18.9. The summed E-state index contributed by atoms with van der Waals surface area (Å²) in [6.45, 7) is 11.9. The lowest BCUT2D eigenvalue weighted by atomic mass is 9.90. The van der Waals surface area contributed by atoms with Gasteiger partial charge < -0.3 is 15.4 Å². The van der Waals surface area contributed by atoms with Gasteiger partial charge in [-0.2, -0.15) is 0 Å². The van der Waals surface area contributed by atoms with E-state index in [2.05, 4.69) is 25.8 Å². The molecular weight excluding hydrogens is 266 g/mol. The lowest BCUT2D eigenvalue weighted by molar-refractivity contribution is -0.0764. The van der Waals surface area contributed by atoms with Crippen molar-refractivity contribution in [2.75, 3.05) is 25.4 Å². The zero-order valence-electron chi connectivity index (χ0n) is 13.6. The SMILES string of the molecule is CC1(C)CN(C(=O)c2cc(N)nc(C(C)(C)C)c2)CCO1. The fourth-order valence-corrected chi connectivity index (χ4v) is 2.43. The number of nitrogens with two attached hydrogens (primary N) is 1. The Morgan fingerprint density at radius 1 is 1.38 bits per heavy atom. The molecule has 0 radical (unpaired) electrons. The molecule has 2 N–H and O–H groups in total. The van der Waals surface area contributed by atoms with E-state index in [0.29, 0.717) is 31.1 Å². The summed E-state index contributed by atoms with van der Waals surface area (Å²) < 4.78 is 5.65. The predicted molar refractivity (Wildman–Crippen MR) is 83.3 cm³/mol. The van der Waals surface area contributed by atoms with E-state index in [-0.39, 0.29) is 16.9 Å². The van der Waals surface area contributed by atoms with Gasteiger partial charge in [-0.3, -0.25) is 4.79 Å². The maximum Gasteiger partial charge on any atom is 0.254 e. The van der Waals surface area contributed by atoms with Gasteiger partial charge in [0.25, 0.3) is 5.91 Å². The van der Waals surface area contributed by atoms with E-state index in [0.717, 1.165) is 5.69 Å². The van der Waals surface area contributed by atoms with E-state index >= 15 is 0 Å². The number of hydrogen-bond acceptors (Lipinski definition) is 4. The highest BCUT2D eigenvalue weighted by molar-refractivity contribution is 5.95. The minimum atomic E-state index is -0.306. The highest BCUT2D eigenvalue weighted by Crippen LogP contribution is 2.24. The number of morpholine rings is 1. The van der Waals surface area contributed by atoms with E-state index in [1.807, 2.05) is 24.8 Å². The molecular formula is C16H25N3O2. The zero-order chi connectivity index (χ0) is 15.8. The van der Waals surface area contributed by atoms with Crippen molar-refractivity contribution in [1.82, 2.24) is 9.88 Å². The summed E-state index contributed by atoms with van der Waals surface area (Å²) in [5.74, 6) is 0.379. The monoisotopic (exact) mass is 291 g/mol. The van der Waals surface area contributed by atoms with Crippen molar-refractivity contribution < 1.29 is 9.53 Å². The molecule has 0 bridgehead atoms. The van der Waals surface area contributed by atoms with E-state index in [1.54, 1.807) is 6.07 Å². The molecule has 0 spiro atoms. The van der Waals surface area contributed by atoms with Gasteiger partial charge in [0.1, 0.15) is 5.82 Å². The molecule has 2 rings (SSSR count). The number of carbonyl (C=O) groups is 1. The van der Waals surface area contributed by atoms with E-state index in [1.165, 1.54) is 0 Å². The van der Waals surface area contributed by atoms with Crippen LogP contribution >= 0.6 is 0 Å². The Morgan fingerprint density at radius 3 is 2.62 bits per heavy atom. The Morgan fingerprint density at radius 2 is 2.05 bits per heavy atom. The number of pyridine rings is 1. The molecule has 0 aliphatic carbocycles. The fourth-order valence-electron chi connectivity index (χ4n) is 2.43. The van der Waals surface area contributed by atoms with Gasteiger partial charge in [-0.05, 0) is 26.0 Å². The first-order valence-corrected chi connectivity index (χ1v) is 7.30. The number of aromatic nitrogens is 1. The van der Waals surface area contributed by atoms with Crippen molar-refractivity contribution >= 4 is 11.7 Å². The van der Waals surface area contributed by atoms with Gasteiger partial charge in [0, 0.05) is 29.8 Å². The minimum Gasteiger partial charge on any atom is -0.384 e. The lowest BCUT2D eigenvalue weighted by Crippen LogP contribution is -2.50. The molecule has 1 aromatic rings. The van der Waals surface area contributed by atoms with Gasteiger partial charge in [-0.1, -0.05) is 20.8 Å². The topological polar surface area (TPSA) is 68.5 Å². The van der Waals surface area contributed by atoms with Crippen molar-refractivity contribution in [3.8, 4) is 0 Å². The Bertz CT molecular complexity index is 547. The standard InChI is InChI=1S/C16H25N3O2/c1-15(2,3)12-8-11(9-13(17)18-12)14(20)19-6-7-21-16(4,5)10-19/h8-9H,6-7,10H2,1-5H3,(H2,17,18). The second-order valence-electron chi connectivity index (χ2n) is 7.25. The van der Waals surface area contributed by atoms with Gasteiger partial charge >= 0.3 is 0 Å². The van der Waals surface area contributed by atoms with Crippen LogP contribution in [0.1, 0.15) is 50.7 Å². The first kappa shape index (κ1) is 15.8. The van der Waals surface area contributed by atoms with E-state index in [9.17, 15) is 4.79 Å². The summed E-state index contributed by atoms with van der Waals surface area (Å²) in [6, 6.07) is 3.50. The lowest BCUT2D eigenvalue weighted by Gasteiger charge is -2.38. The molecule has 0 unspecified atom stereocenters. The summed E-state index contributed by atoms with van der Waals surface area (Å²) >= 11 is 0. The fraction of sp³-hybridized carbons (Fsp3) is 0.625. The van der Waals surface area contributed by atoms with Gasteiger partial charge in [-0.15, -0.1) is 0 Å². The molecule has 5 nitrogen and oxygen atoms in total. The van der Waals surface area contributed by atoms with E-state index < -0.39 is 0 Å². The molecule has 0 atom stereocenters. The third kappa shape index (κ3) is 3.73. The second kappa shape index (κ2) is 5.30. The van der Waals surface area contributed by atoms with Crippen molar-refractivity contribution in [2.24, 2.45) is 0 Å². The molecule has 2 heterocycles. The minimum absolute atomic E-state index is 0.00836. The van der Waals surface area contributed by atoms with Crippen LogP contribution in [-0.4, -0.2) is 41.1 Å². The van der Waals surface area contributed by atoms with E-state index in [4.69, 9.17) is 10.5 Å². The highest BCUT2D eigenvalue weighted by atomic mass is 16.5. The molecule has 1 aliphatic heterocycles. The summed E-state index contributed by atoms with van der Waals surface area (Å²) in [5, 5.41) is 0. The first-order valence-electron chi connectivity index (χ1n) is 7.30. The van der Waals surface area contributed by atoms with Gasteiger partial charge in [-0.25, -0.2) is 4.98 Å². The number of ether oxygens (including phenoxy) is 1. The zero-order valence-corrected chi connectivity index (χ0v) is 13.6. The first-order chi connectivity index (χ1) is 9.58. The Hall–Kier alpha value is -1.62. The number of rotatable bonds is 1. The molecule has 1 amide bonds. The third-order valence-electron chi connectivity index (χ3n) is 3.57. The number of amides is 1. The average Bonchev–Trinajstić information content (AvgIpc) is 2.35. The molecule has 116 valence electrons. The molecule has 1 fully saturated rings. The van der Waals surface area contributed by atoms with Crippen LogP contribution in [-0.2, 0) is 10.2 Å². The Balaban J connectivity index is 2.29. The van der Waals surface area contributed by atoms with Crippen LogP contribution in [0.2, 0.25) is 0 Å². The van der Waals surface area contributed by atoms with Crippen molar-refractivity contribution in [3.05, 3.63) is 23.4 Å². The Kier molecular flexibility index (Phi) is 3.97. The maximum atomic E-state index is 12.7. The largest absolute Gasteiger partial charge is 0.384 e.